The van der Waals surface area contributed by atoms with E-state index in [4.69, 9.17) is 5.11 Å². The number of carboxylic acids is 1. The van der Waals surface area contributed by atoms with E-state index in [0.717, 1.165) is 0 Å². The molecule has 1 N–H and O–H groups in total. The highest BCUT2D eigenvalue weighted by Crippen LogP contribution is 2.24. The second-order valence-corrected chi connectivity index (χ2v) is 6.94. The molecule has 21 heavy (non-hydrogen) atoms. The number of aromatic carboxylic acids is 1. The third-order valence-electron chi connectivity index (χ3n) is 3.29. The minimum absolute atomic E-state index is 0.0206. The number of rotatable bonds is 4. The zero-order valence-corrected chi connectivity index (χ0v) is 12.6. The number of benzene rings is 2. The van der Waals surface area contributed by atoms with Crippen LogP contribution < -0.4 is 0 Å². The Labute approximate surface area is 124 Å². The van der Waals surface area contributed by atoms with E-state index in [0.29, 0.717) is 16.7 Å². The van der Waals surface area contributed by atoms with Gasteiger partial charge in [0.05, 0.1) is 16.2 Å². The Hall–Kier alpha value is -2.14. The fourth-order valence-electron chi connectivity index (χ4n) is 2.27. The quantitative estimate of drug-likeness (QED) is 0.942. The van der Waals surface area contributed by atoms with Gasteiger partial charge in [0.25, 0.3) is 0 Å². The Morgan fingerprint density at radius 1 is 1.05 bits per heavy atom. The minimum Gasteiger partial charge on any atom is -0.478 e. The molecule has 0 unspecified atom stereocenters. The van der Waals surface area contributed by atoms with Gasteiger partial charge >= 0.3 is 5.97 Å². The lowest BCUT2D eigenvalue weighted by molar-refractivity contribution is 0.0696. The van der Waals surface area contributed by atoms with Crippen molar-refractivity contribution in [3.8, 4) is 0 Å². The molecule has 110 valence electrons. The molecule has 2 aromatic carbocycles. The van der Waals surface area contributed by atoms with E-state index in [1.807, 2.05) is 6.07 Å². The summed E-state index contributed by atoms with van der Waals surface area (Å²) in [6, 6.07) is 11.7. The largest absolute Gasteiger partial charge is 0.478 e. The standard InChI is InChI=1S/C16H16O4S/c1-11-8-12(2)15(9-14(11)16(17)18)21(19,20)10-13-6-4-3-5-7-13/h3-9H,10H2,1-2H3,(H,17,18). The molecule has 0 saturated heterocycles. The van der Waals surface area contributed by atoms with Crippen LogP contribution in [-0.2, 0) is 15.6 Å². The molecule has 0 saturated carbocycles. The molecule has 0 aliphatic carbocycles. The molecular weight excluding hydrogens is 288 g/mol. The molecule has 0 heterocycles. The molecule has 0 amide bonds. The second kappa shape index (κ2) is 5.69. The molecule has 4 nitrogen and oxygen atoms in total. The SMILES string of the molecule is Cc1cc(C)c(S(=O)(=O)Cc2ccccc2)cc1C(=O)O. The van der Waals surface area contributed by atoms with Crippen LogP contribution in [0.5, 0.6) is 0 Å². The van der Waals surface area contributed by atoms with Crippen molar-refractivity contribution in [2.75, 3.05) is 0 Å². The van der Waals surface area contributed by atoms with Crippen molar-refractivity contribution < 1.29 is 18.3 Å². The van der Waals surface area contributed by atoms with Gasteiger partial charge in [0.15, 0.2) is 9.84 Å². The highest BCUT2D eigenvalue weighted by molar-refractivity contribution is 7.90. The molecule has 0 bridgehead atoms. The zero-order valence-electron chi connectivity index (χ0n) is 11.8. The molecule has 0 aliphatic rings. The maximum absolute atomic E-state index is 12.5. The van der Waals surface area contributed by atoms with Crippen LogP contribution in [0.4, 0.5) is 0 Å². The lowest BCUT2D eigenvalue weighted by Gasteiger charge is -2.11. The summed E-state index contributed by atoms with van der Waals surface area (Å²) >= 11 is 0. The van der Waals surface area contributed by atoms with Gasteiger partial charge in [-0.15, -0.1) is 0 Å². The van der Waals surface area contributed by atoms with Gasteiger partial charge in [-0.2, -0.15) is 0 Å². The van der Waals surface area contributed by atoms with Gasteiger partial charge in [0.2, 0.25) is 0 Å². The second-order valence-electron chi connectivity index (χ2n) is 4.98. The van der Waals surface area contributed by atoms with Gasteiger partial charge in [-0.05, 0) is 36.6 Å². The average Bonchev–Trinajstić information content (AvgIpc) is 2.38. The summed E-state index contributed by atoms with van der Waals surface area (Å²) in [7, 11) is -3.58. The van der Waals surface area contributed by atoms with E-state index in [-0.39, 0.29) is 16.2 Å². The van der Waals surface area contributed by atoms with Crippen molar-refractivity contribution in [3.63, 3.8) is 0 Å². The highest BCUT2D eigenvalue weighted by Gasteiger charge is 2.21. The van der Waals surface area contributed by atoms with E-state index < -0.39 is 15.8 Å². The van der Waals surface area contributed by atoms with Crippen LogP contribution in [0.1, 0.15) is 27.0 Å². The van der Waals surface area contributed by atoms with Gasteiger partial charge in [-0.25, -0.2) is 13.2 Å². The summed E-state index contributed by atoms with van der Waals surface area (Å²) in [5, 5.41) is 9.14. The monoisotopic (exact) mass is 304 g/mol. The van der Waals surface area contributed by atoms with Gasteiger partial charge in [0, 0.05) is 0 Å². The topological polar surface area (TPSA) is 71.4 Å². The Morgan fingerprint density at radius 2 is 1.67 bits per heavy atom. The van der Waals surface area contributed by atoms with Crippen LogP contribution >= 0.6 is 0 Å². The summed E-state index contributed by atoms with van der Waals surface area (Å²) in [5.74, 6) is -1.26. The van der Waals surface area contributed by atoms with Crippen LogP contribution in [0.2, 0.25) is 0 Å². The normalized spacial score (nSPS) is 11.3. The van der Waals surface area contributed by atoms with Crippen molar-refractivity contribution in [2.45, 2.75) is 24.5 Å². The summed E-state index contributed by atoms with van der Waals surface area (Å²) in [6.45, 7) is 3.33. The molecule has 5 heteroatoms. The summed E-state index contributed by atoms with van der Waals surface area (Å²) in [4.78, 5) is 11.3. The lowest BCUT2D eigenvalue weighted by atomic mass is 10.1. The maximum Gasteiger partial charge on any atom is 0.335 e. The first-order valence-corrected chi connectivity index (χ1v) is 8.08. The molecule has 0 atom stereocenters. The Balaban J connectivity index is 2.50. The number of carboxylic acid groups (broad SMARTS) is 1. The molecule has 0 aliphatic heterocycles. The Kier molecular flexibility index (Phi) is 4.14. The van der Waals surface area contributed by atoms with Gasteiger partial charge in [-0.3, -0.25) is 0 Å². The van der Waals surface area contributed by atoms with Crippen LogP contribution in [-0.4, -0.2) is 19.5 Å². The first kappa shape index (κ1) is 15.3. The smallest absolute Gasteiger partial charge is 0.335 e. The highest BCUT2D eigenvalue weighted by atomic mass is 32.2. The predicted molar refractivity (Wildman–Crippen MR) is 80.2 cm³/mol. The Bertz CT molecular complexity index is 777. The summed E-state index contributed by atoms with van der Waals surface area (Å²) in [6.07, 6.45) is 0. The third-order valence-corrected chi connectivity index (χ3v) is 5.11. The van der Waals surface area contributed by atoms with Crippen molar-refractivity contribution in [2.24, 2.45) is 0 Å². The Morgan fingerprint density at radius 3 is 2.24 bits per heavy atom. The number of hydrogen-bond donors (Lipinski definition) is 1. The van der Waals surface area contributed by atoms with E-state index in [9.17, 15) is 13.2 Å². The van der Waals surface area contributed by atoms with Gasteiger partial charge in [0.1, 0.15) is 0 Å². The number of aryl methyl sites for hydroxylation is 2. The molecule has 0 fully saturated rings. The third kappa shape index (κ3) is 3.31. The summed E-state index contributed by atoms with van der Waals surface area (Å²) < 4.78 is 25.0. The van der Waals surface area contributed by atoms with Crippen molar-refractivity contribution >= 4 is 15.8 Å². The first-order chi connectivity index (χ1) is 9.81. The van der Waals surface area contributed by atoms with E-state index in [1.54, 1.807) is 44.2 Å². The summed E-state index contributed by atoms with van der Waals surface area (Å²) in [5.41, 5.74) is 1.81. The van der Waals surface area contributed by atoms with Crippen molar-refractivity contribution in [1.29, 1.82) is 0 Å². The fourth-order valence-corrected chi connectivity index (χ4v) is 3.90. The van der Waals surface area contributed by atoms with Gasteiger partial charge < -0.3 is 5.11 Å². The fraction of sp³-hybridized carbons (Fsp3) is 0.188. The van der Waals surface area contributed by atoms with Gasteiger partial charge in [-0.1, -0.05) is 36.4 Å². The molecular formula is C16H16O4S. The van der Waals surface area contributed by atoms with Crippen molar-refractivity contribution in [3.05, 3.63) is 64.7 Å². The molecule has 2 aromatic rings. The maximum atomic E-state index is 12.5. The molecule has 2 rings (SSSR count). The minimum atomic E-state index is -3.58. The van der Waals surface area contributed by atoms with E-state index >= 15 is 0 Å². The van der Waals surface area contributed by atoms with Crippen LogP contribution in [0.25, 0.3) is 0 Å². The zero-order chi connectivity index (χ0) is 15.6. The lowest BCUT2D eigenvalue weighted by Crippen LogP contribution is -2.10. The molecule has 0 spiro atoms. The number of sulfone groups is 1. The average molecular weight is 304 g/mol. The number of hydrogen-bond acceptors (Lipinski definition) is 3. The molecule has 0 radical (unpaired) electrons. The predicted octanol–water partition coefficient (Wildman–Crippen LogP) is 2.98. The van der Waals surface area contributed by atoms with Crippen LogP contribution in [0, 0.1) is 13.8 Å². The van der Waals surface area contributed by atoms with Crippen LogP contribution in [0.15, 0.2) is 47.4 Å². The van der Waals surface area contributed by atoms with E-state index in [1.165, 1.54) is 6.07 Å². The molecule has 0 aromatic heterocycles. The first-order valence-electron chi connectivity index (χ1n) is 6.42. The van der Waals surface area contributed by atoms with Crippen molar-refractivity contribution in [1.82, 2.24) is 0 Å². The van der Waals surface area contributed by atoms with Crippen LogP contribution in [0.3, 0.4) is 0 Å². The van der Waals surface area contributed by atoms with E-state index in [2.05, 4.69) is 0 Å². The number of carbonyl (C=O) groups is 1.